The van der Waals surface area contributed by atoms with Crippen molar-refractivity contribution in [3.8, 4) is 28.7 Å². The van der Waals surface area contributed by atoms with E-state index in [1.54, 1.807) is 48.5 Å². The SMILES string of the molecule is COc1cc(/C=C/C(CC(/C=C/c2ccc(O)cc2)=N/Oc2ccccc2)=N\Oc2ccccc2)ccc1O. The monoisotopic (exact) mass is 520 g/mol. The van der Waals surface area contributed by atoms with Gasteiger partial charge >= 0.3 is 0 Å². The van der Waals surface area contributed by atoms with Crippen LogP contribution in [0.1, 0.15) is 17.5 Å². The van der Waals surface area contributed by atoms with Crippen LogP contribution in [0.2, 0.25) is 0 Å². The molecule has 4 aromatic rings. The first kappa shape index (κ1) is 26.8. The van der Waals surface area contributed by atoms with Crippen molar-refractivity contribution >= 4 is 23.6 Å². The molecular formula is C32H28N2O5. The van der Waals surface area contributed by atoms with E-state index in [1.165, 1.54) is 7.11 Å². The number of ether oxygens (including phenoxy) is 1. The van der Waals surface area contributed by atoms with E-state index in [1.807, 2.05) is 78.9 Å². The van der Waals surface area contributed by atoms with Crippen molar-refractivity contribution in [2.45, 2.75) is 6.42 Å². The molecule has 0 saturated carbocycles. The normalized spacial score (nSPS) is 12.1. The maximum absolute atomic E-state index is 9.92. The van der Waals surface area contributed by atoms with E-state index in [4.69, 9.17) is 14.4 Å². The van der Waals surface area contributed by atoms with Gasteiger partial charge in [-0.3, -0.25) is 0 Å². The van der Waals surface area contributed by atoms with Gasteiger partial charge in [-0.15, -0.1) is 0 Å². The molecule has 2 N–H and O–H groups in total. The maximum Gasteiger partial charge on any atom is 0.161 e. The van der Waals surface area contributed by atoms with Gasteiger partial charge in [-0.05, 0) is 71.8 Å². The number of hydrogen-bond donors (Lipinski definition) is 2. The Kier molecular flexibility index (Phi) is 9.50. The molecule has 196 valence electrons. The van der Waals surface area contributed by atoms with Crippen LogP contribution in [0, 0.1) is 0 Å². The zero-order valence-electron chi connectivity index (χ0n) is 21.3. The number of hydrogen-bond acceptors (Lipinski definition) is 7. The molecule has 0 unspecified atom stereocenters. The summed E-state index contributed by atoms with van der Waals surface area (Å²) in [7, 11) is 1.50. The quantitative estimate of drug-likeness (QED) is 0.163. The van der Waals surface area contributed by atoms with Gasteiger partial charge in [0.2, 0.25) is 0 Å². The summed E-state index contributed by atoms with van der Waals surface area (Å²) in [4.78, 5) is 11.4. The number of nitrogens with zero attached hydrogens (tertiary/aromatic N) is 2. The molecule has 0 aromatic heterocycles. The van der Waals surface area contributed by atoms with E-state index in [-0.39, 0.29) is 17.9 Å². The zero-order chi connectivity index (χ0) is 27.3. The molecule has 0 amide bonds. The third kappa shape index (κ3) is 8.65. The largest absolute Gasteiger partial charge is 0.508 e. The van der Waals surface area contributed by atoms with Gasteiger partial charge in [-0.25, -0.2) is 0 Å². The Morgan fingerprint density at radius 1 is 0.667 bits per heavy atom. The summed E-state index contributed by atoms with van der Waals surface area (Å²) < 4.78 is 5.22. The second-order valence-corrected chi connectivity index (χ2v) is 8.34. The van der Waals surface area contributed by atoms with E-state index in [0.29, 0.717) is 28.7 Å². The predicted octanol–water partition coefficient (Wildman–Crippen LogP) is 7.09. The molecule has 0 aliphatic heterocycles. The van der Waals surface area contributed by atoms with Crippen LogP contribution in [0.3, 0.4) is 0 Å². The lowest BCUT2D eigenvalue weighted by Gasteiger charge is -2.06. The second-order valence-electron chi connectivity index (χ2n) is 8.34. The molecule has 0 radical (unpaired) electrons. The highest BCUT2D eigenvalue weighted by atomic mass is 16.6. The summed E-state index contributed by atoms with van der Waals surface area (Å²) in [5, 5.41) is 28.3. The number of allylic oxidation sites excluding steroid dienone is 2. The van der Waals surface area contributed by atoms with E-state index in [0.717, 1.165) is 11.1 Å². The van der Waals surface area contributed by atoms with Crippen LogP contribution in [0.4, 0.5) is 0 Å². The van der Waals surface area contributed by atoms with E-state index in [2.05, 4.69) is 10.3 Å². The van der Waals surface area contributed by atoms with E-state index >= 15 is 0 Å². The molecule has 39 heavy (non-hydrogen) atoms. The average molecular weight is 521 g/mol. The van der Waals surface area contributed by atoms with Gasteiger partial charge in [-0.2, -0.15) is 0 Å². The second kappa shape index (κ2) is 13.9. The highest BCUT2D eigenvalue weighted by Gasteiger charge is 2.06. The molecule has 7 nitrogen and oxygen atoms in total. The summed E-state index contributed by atoms with van der Waals surface area (Å²) in [5.74, 6) is 1.80. The molecule has 0 fully saturated rings. The third-order valence-corrected chi connectivity index (χ3v) is 5.42. The summed E-state index contributed by atoms with van der Waals surface area (Å²) in [5.41, 5.74) is 2.83. The molecule has 0 heterocycles. The molecule has 0 bridgehead atoms. The Morgan fingerprint density at radius 2 is 1.18 bits per heavy atom. The molecular weight excluding hydrogens is 492 g/mol. The molecule has 4 aromatic carbocycles. The van der Waals surface area contributed by atoms with Crippen LogP contribution < -0.4 is 14.4 Å². The van der Waals surface area contributed by atoms with Crippen molar-refractivity contribution in [1.82, 2.24) is 0 Å². The first-order valence-electron chi connectivity index (χ1n) is 12.2. The minimum absolute atomic E-state index is 0.0581. The molecule has 0 aliphatic carbocycles. The standard InChI is InChI=1S/C32H28N2O5/c1-37-32-22-25(16-21-31(32)36)13-18-27(34-39-30-10-6-3-7-11-30)23-26(33-38-29-8-4-2-5-9-29)17-12-24-14-19-28(35)20-15-24/h2-22,35-36H,23H2,1H3/b17-12+,18-13+,33-26+,34-27+. The number of para-hydroxylation sites is 2. The van der Waals surface area contributed by atoms with Crippen molar-refractivity contribution in [2.75, 3.05) is 7.11 Å². The van der Waals surface area contributed by atoms with E-state index < -0.39 is 0 Å². The number of methoxy groups -OCH3 is 1. The summed E-state index contributed by atoms with van der Waals surface area (Å²) in [6.45, 7) is 0. The van der Waals surface area contributed by atoms with Crippen LogP contribution >= 0.6 is 0 Å². The van der Waals surface area contributed by atoms with Gasteiger partial charge in [-0.1, -0.05) is 77.1 Å². The first-order chi connectivity index (χ1) is 19.1. The van der Waals surface area contributed by atoms with Gasteiger partial charge in [0.25, 0.3) is 0 Å². The first-order valence-corrected chi connectivity index (χ1v) is 12.2. The number of oxime groups is 2. The van der Waals surface area contributed by atoms with E-state index in [9.17, 15) is 10.2 Å². The third-order valence-electron chi connectivity index (χ3n) is 5.42. The highest BCUT2D eigenvalue weighted by Crippen LogP contribution is 2.27. The fourth-order valence-corrected chi connectivity index (χ4v) is 3.38. The molecule has 7 heteroatoms. The maximum atomic E-state index is 9.92. The fourth-order valence-electron chi connectivity index (χ4n) is 3.38. The predicted molar refractivity (Wildman–Crippen MR) is 154 cm³/mol. The van der Waals surface area contributed by atoms with Crippen LogP contribution in [-0.4, -0.2) is 28.7 Å². The smallest absolute Gasteiger partial charge is 0.161 e. The summed E-state index contributed by atoms with van der Waals surface area (Å²) >= 11 is 0. The summed E-state index contributed by atoms with van der Waals surface area (Å²) in [6.07, 6.45) is 7.62. The molecule has 4 rings (SSSR count). The van der Waals surface area contributed by atoms with Crippen molar-refractivity contribution in [3.05, 3.63) is 126 Å². The number of aromatic hydroxyl groups is 2. The Balaban J connectivity index is 1.63. The number of phenols is 2. The lowest BCUT2D eigenvalue weighted by molar-refractivity contribution is 0.338. The topological polar surface area (TPSA) is 92.9 Å². The van der Waals surface area contributed by atoms with Gasteiger partial charge in [0.1, 0.15) is 5.75 Å². The van der Waals surface area contributed by atoms with Crippen LogP contribution in [-0.2, 0) is 0 Å². The van der Waals surface area contributed by atoms with Gasteiger partial charge in [0.15, 0.2) is 23.0 Å². The Bertz CT molecular complexity index is 1460. The van der Waals surface area contributed by atoms with Gasteiger partial charge in [0.05, 0.1) is 18.5 Å². The van der Waals surface area contributed by atoms with Gasteiger partial charge < -0.3 is 24.6 Å². The van der Waals surface area contributed by atoms with Crippen molar-refractivity contribution in [1.29, 1.82) is 0 Å². The average Bonchev–Trinajstić information content (AvgIpc) is 2.98. The number of rotatable bonds is 11. The Labute approximate surface area is 227 Å². The Hall–Kier alpha value is -5.30. The lowest BCUT2D eigenvalue weighted by Crippen LogP contribution is -2.07. The number of benzene rings is 4. The molecule has 0 saturated heterocycles. The lowest BCUT2D eigenvalue weighted by atomic mass is 10.1. The minimum Gasteiger partial charge on any atom is -0.508 e. The number of phenolic OH excluding ortho intramolecular Hbond substituents is 2. The minimum atomic E-state index is 0.0581. The Morgan fingerprint density at radius 3 is 1.72 bits per heavy atom. The van der Waals surface area contributed by atoms with Crippen LogP contribution in [0.25, 0.3) is 12.2 Å². The van der Waals surface area contributed by atoms with Crippen molar-refractivity contribution < 1.29 is 24.6 Å². The van der Waals surface area contributed by atoms with Crippen molar-refractivity contribution in [2.24, 2.45) is 10.3 Å². The van der Waals surface area contributed by atoms with Crippen LogP contribution in [0.5, 0.6) is 28.7 Å². The molecule has 0 spiro atoms. The molecule has 0 aliphatic rings. The highest BCUT2D eigenvalue weighted by molar-refractivity contribution is 6.15. The zero-order valence-corrected chi connectivity index (χ0v) is 21.3. The van der Waals surface area contributed by atoms with Crippen molar-refractivity contribution in [3.63, 3.8) is 0 Å². The van der Waals surface area contributed by atoms with Crippen LogP contribution in [0.15, 0.2) is 126 Å². The summed E-state index contributed by atoms with van der Waals surface area (Å²) in [6, 6.07) is 30.4. The fraction of sp³-hybridized carbons (Fsp3) is 0.0625. The van der Waals surface area contributed by atoms with Gasteiger partial charge in [0, 0.05) is 6.42 Å². The molecule has 0 atom stereocenters.